The molecular weight excluding hydrogens is 238 g/mol. The fraction of sp³-hybridized carbons (Fsp3) is 0.200. The van der Waals surface area contributed by atoms with Gasteiger partial charge < -0.3 is 10.6 Å². The zero-order valence-electron chi connectivity index (χ0n) is 11.1. The minimum absolute atomic E-state index is 0.149. The van der Waals surface area contributed by atoms with Crippen molar-refractivity contribution in [2.24, 2.45) is 0 Å². The van der Waals surface area contributed by atoms with Gasteiger partial charge in [-0.25, -0.2) is 0 Å². The smallest absolute Gasteiger partial charge is 0.257 e. The van der Waals surface area contributed by atoms with Crippen molar-refractivity contribution in [2.45, 2.75) is 13.0 Å². The summed E-state index contributed by atoms with van der Waals surface area (Å²) >= 11 is 0. The second-order valence-electron chi connectivity index (χ2n) is 4.29. The van der Waals surface area contributed by atoms with E-state index in [1.165, 1.54) is 0 Å². The predicted molar refractivity (Wildman–Crippen MR) is 76.1 cm³/mol. The third-order valence-corrected chi connectivity index (χ3v) is 3.03. The maximum atomic E-state index is 12.1. The molecule has 0 aliphatic heterocycles. The fourth-order valence-corrected chi connectivity index (χ4v) is 1.84. The summed E-state index contributed by atoms with van der Waals surface area (Å²) in [6.07, 6.45) is 3.20. The normalized spacial score (nSPS) is 11.9. The van der Waals surface area contributed by atoms with Crippen LogP contribution in [0.1, 0.15) is 28.9 Å². The summed E-state index contributed by atoms with van der Waals surface area (Å²) in [4.78, 5) is 16.1. The average Bonchev–Trinajstić information content (AvgIpc) is 2.48. The second-order valence-corrected chi connectivity index (χ2v) is 4.29. The molecule has 1 aromatic heterocycles. The van der Waals surface area contributed by atoms with Crippen molar-refractivity contribution in [3.05, 3.63) is 59.9 Å². The summed E-state index contributed by atoms with van der Waals surface area (Å²) in [7, 11) is 1.89. The van der Waals surface area contributed by atoms with Gasteiger partial charge in [0.15, 0.2) is 0 Å². The highest BCUT2D eigenvalue weighted by atomic mass is 16.1. The Kier molecular flexibility index (Phi) is 4.26. The summed E-state index contributed by atoms with van der Waals surface area (Å²) in [6.45, 7) is 2.05. The van der Waals surface area contributed by atoms with Crippen molar-refractivity contribution in [1.29, 1.82) is 0 Å². The fourth-order valence-electron chi connectivity index (χ4n) is 1.84. The number of nitrogens with one attached hydrogen (secondary N) is 2. The Morgan fingerprint density at radius 1 is 1.21 bits per heavy atom. The number of rotatable bonds is 4. The number of nitrogens with zero attached hydrogens (tertiary/aromatic N) is 1. The van der Waals surface area contributed by atoms with Gasteiger partial charge in [-0.15, -0.1) is 0 Å². The number of pyridine rings is 1. The van der Waals surface area contributed by atoms with Gasteiger partial charge in [-0.2, -0.15) is 0 Å². The average molecular weight is 255 g/mol. The highest BCUT2D eigenvalue weighted by Crippen LogP contribution is 2.22. The summed E-state index contributed by atoms with van der Waals surface area (Å²) in [5, 5.41) is 6.09. The van der Waals surface area contributed by atoms with Crippen LogP contribution in [0, 0.1) is 0 Å². The number of para-hydroxylation sites is 1. The molecule has 1 atom stereocenters. The van der Waals surface area contributed by atoms with Gasteiger partial charge >= 0.3 is 0 Å². The molecule has 0 saturated carbocycles. The van der Waals surface area contributed by atoms with Crippen LogP contribution in [0.15, 0.2) is 48.8 Å². The molecule has 19 heavy (non-hydrogen) atoms. The van der Waals surface area contributed by atoms with Gasteiger partial charge in [0.05, 0.1) is 5.56 Å². The van der Waals surface area contributed by atoms with Gasteiger partial charge in [0.1, 0.15) is 0 Å². The Bertz CT molecular complexity index is 554. The molecule has 0 fully saturated rings. The molecule has 2 N–H and O–H groups in total. The summed E-state index contributed by atoms with van der Waals surface area (Å²) in [5.41, 5.74) is 2.43. The van der Waals surface area contributed by atoms with Crippen LogP contribution in [0.3, 0.4) is 0 Å². The van der Waals surface area contributed by atoms with Crippen LogP contribution in [-0.2, 0) is 0 Å². The van der Waals surface area contributed by atoms with Gasteiger partial charge in [-0.1, -0.05) is 18.2 Å². The molecule has 0 aliphatic rings. The van der Waals surface area contributed by atoms with Gasteiger partial charge in [-0.3, -0.25) is 9.78 Å². The molecule has 2 rings (SSSR count). The first-order chi connectivity index (χ1) is 9.22. The van der Waals surface area contributed by atoms with Crippen LogP contribution < -0.4 is 10.6 Å². The van der Waals surface area contributed by atoms with Crippen LogP contribution in [-0.4, -0.2) is 17.9 Å². The highest BCUT2D eigenvalue weighted by molar-refractivity contribution is 6.04. The highest BCUT2D eigenvalue weighted by Gasteiger charge is 2.11. The van der Waals surface area contributed by atoms with Crippen molar-refractivity contribution in [3.8, 4) is 0 Å². The maximum absolute atomic E-state index is 12.1. The van der Waals surface area contributed by atoms with E-state index in [0.29, 0.717) is 5.56 Å². The molecule has 2 aromatic rings. The topological polar surface area (TPSA) is 54.0 Å². The number of anilines is 1. The first-order valence-corrected chi connectivity index (χ1v) is 6.20. The van der Waals surface area contributed by atoms with Gasteiger partial charge in [0.2, 0.25) is 0 Å². The van der Waals surface area contributed by atoms with Gasteiger partial charge in [0.25, 0.3) is 5.91 Å². The summed E-state index contributed by atoms with van der Waals surface area (Å²) < 4.78 is 0. The Labute approximate surface area is 112 Å². The molecule has 4 heteroatoms. The minimum atomic E-state index is -0.149. The maximum Gasteiger partial charge on any atom is 0.257 e. The van der Waals surface area contributed by atoms with Crippen LogP contribution in [0.25, 0.3) is 0 Å². The lowest BCUT2D eigenvalue weighted by molar-refractivity contribution is 0.102. The van der Waals surface area contributed by atoms with Crippen LogP contribution in [0.4, 0.5) is 5.69 Å². The van der Waals surface area contributed by atoms with Crippen molar-refractivity contribution in [2.75, 3.05) is 12.4 Å². The lowest BCUT2D eigenvalue weighted by Gasteiger charge is -2.16. The minimum Gasteiger partial charge on any atom is -0.322 e. The van der Waals surface area contributed by atoms with Gasteiger partial charge in [-0.05, 0) is 37.7 Å². The third-order valence-electron chi connectivity index (χ3n) is 3.03. The van der Waals surface area contributed by atoms with Gasteiger partial charge in [0, 0.05) is 24.1 Å². The predicted octanol–water partition coefficient (Wildman–Crippen LogP) is 2.61. The van der Waals surface area contributed by atoms with E-state index in [0.717, 1.165) is 11.3 Å². The van der Waals surface area contributed by atoms with Crippen LogP contribution in [0.5, 0.6) is 0 Å². The molecule has 0 radical (unpaired) electrons. The van der Waals surface area contributed by atoms with E-state index >= 15 is 0 Å². The Morgan fingerprint density at radius 2 is 2.00 bits per heavy atom. The molecule has 0 spiro atoms. The molecule has 98 valence electrons. The van der Waals surface area contributed by atoms with Crippen LogP contribution in [0.2, 0.25) is 0 Å². The van der Waals surface area contributed by atoms with Crippen LogP contribution >= 0.6 is 0 Å². The van der Waals surface area contributed by atoms with E-state index in [9.17, 15) is 4.79 Å². The first-order valence-electron chi connectivity index (χ1n) is 6.20. The molecule has 1 heterocycles. The number of amides is 1. The van der Waals surface area contributed by atoms with E-state index in [2.05, 4.69) is 22.5 Å². The Hall–Kier alpha value is -2.20. The lowest BCUT2D eigenvalue weighted by Crippen LogP contribution is -2.18. The van der Waals surface area contributed by atoms with Crippen molar-refractivity contribution < 1.29 is 4.79 Å². The number of carbonyl (C=O) groups excluding carboxylic acids is 1. The summed E-state index contributed by atoms with van der Waals surface area (Å²) in [5.74, 6) is -0.149. The molecule has 0 aliphatic carbocycles. The quantitative estimate of drug-likeness (QED) is 0.883. The van der Waals surface area contributed by atoms with E-state index in [4.69, 9.17) is 0 Å². The van der Waals surface area contributed by atoms with E-state index in [1.807, 2.05) is 31.3 Å². The van der Waals surface area contributed by atoms with E-state index < -0.39 is 0 Å². The molecule has 0 saturated heterocycles. The van der Waals surface area contributed by atoms with E-state index in [-0.39, 0.29) is 11.9 Å². The number of aromatic nitrogens is 1. The number of carbonyl (C=O) groups is 1. The van der Waals surface area contributed by atoms with Crippen molar-refractivity contribution >= 4 is 11.6 Å². The molecule has 0 bridgehead atoms. The standard InChI is InChI=1S/C15H17N3O/c1-11(16-2)13-7-3-4-8-14(13)18-15(19)12-6-5-9-17-10-12/h3-11,16H,1-2H3,(H,18,19). The molecule has 1 amide bonds. The number of hydrogen-bond donors (Lipinski definition) is 2. The zero-order chi connectivity index (χ0) is 13.7. The Morgan fingerprint density at radius 3 is 2.68 bits per heavy atom. The molecule has 1 aromatic carbocycles. The number of benzene rings is 1. The van der Waals surface area contributed by atoms with Crippen molar-refractivity contribution in [1.82, 2.24) is 10.3 Å². The first kappa shape index (κ1) is 13.2. The van der Waals surface area contributed by atoms with Crippen molar-refractivity contribution in [3.63, 3.8) is 0 Å². The third kappa shape index (κ3) is 3.17. The Balaban J connectivity index is 2.22. The zero-order valence-corrected chi connectivity index (χ0v) is 11.1. The lowest BCUT2D eigenvalue weighted by atomic mass is 10.1. The molecular formula is C15H17N3O. The SMILES string of the molecule is CNC(C)c1ccccc1NC(=O)c1cccnc1. The largest absolute Gasteiger partial charge is 0.322 e. The number of hydrogen-bond acceptors (Lipinski definition) is 3. The second kappa shape index (κ2) is 6.11. The summed E-state index contributed by atoms with van der Waals surface area (Å²) in [6, 6.07) is 11.4. The monoisotopic (exact) mass is 255 g/mol. The molecule has 4 nitrogen and oxygen atoms in total. The molecule has 1 unspecified atom stereocenters. The van der Waals surface area contributed by atoms with E-state index in [1.54, 1.807) is 24.5 Å².